The van der Waals surface area contributed by atoms with E-state index in [1.54, 1.807) is 24.3 Å². The van der Waals surface area contributed by atoms with Crippen LogP contribution in [0.4, 0.5) is 11.4 Å². The quantitative estimate of drug-likeness (QED) is 0.762. The van der Waals surface area contributed by atoms with Crippen LogP contribution >= 0.6 is 0 Å². The average Bonchev–Trinajstić information content (AvgIpc) is 2.56. The van der Waals surface area contributed by atoms with Crippen LogP contribution in [0.15, 0.2) is 42.5 Å². The van der Waals surface area contributed by atoms with Crippen LogP contribution in [-0.4, -0.2) is 18.4 Å². The number of carbonyl (C=O) groups excluding carboxylic acids is 2. The van der Waals surface area contributed by atoms with E-state index in [9.17, 15) is 9.59 Å². The summed E-state index contributed by atoms with van der Waals surface area (Å²) in [5.41, 5.74) is 9.43. The fourth-order valence-corrected chi connectivity index (χ4v) is 2.27. The monoisotopic (exact) mass is 325 g/mol. The Morgan fingerprint density at radius 2 is 1.71 bits per heavy atom. The first-order chi connectivity index (χ1) is 11.5. The van der Waals surface area contributed by atoms with Gasteiger partial charge in [0.1, 0.15) is 0 Å². The molecule has 2 aromatic rings. The van der Waals surface area contributed by atoms with Gasteiger partial charge in [-0.3, -0.25) is 9.59 Å². The zero-order valence-electron chi connectivity index (χ0n) is 14.1. The Bertz CT molecular complexity index is 724. The number of aryl methyl sites for hydroxylation is 2. The maximum atomic E-state index is 12.3. The Balaban J connectivity index is 2.02. The third-order valence-electron chi connectivity index (χ3n) is 3.68. The maximum Gasteiger partial charge on any atom is 0.255 e. The van der Waals surface area contributed by atoms with E-state index in [0.717, 1.165) is 16.8 Å². The molecule has 5 heteroatoms. The van der Waals surface area contributed by atoms with Crippen molar-refractivity contribution in [2.24, 2.45) is 5.73 Å². The summed E-state index contributed by atoms with van der Waals surface area (Å²) in [6.45, 7) is 4.36. The van der Waals surface area contributed by atoms with Crippen LogP contribution in [0, 0.1) is 13.8 Å². The number of benzene rings is 2. The van der Waals surface area contributed by atoms with Crippen molar-refractivity contribution in [2.75, 3.05) is 17.2 Å². The molecule has 4 N–H and O–H groups in total. The Morgan fingerprint density at radius 1 is 1.00 bits per heavy atom. The summed E-state index contributed by atoms with van der Waals surface area (Å²) in [4.78, 5) is 24.0. The number of hydrogen-bond acceptors (Lipinski definition) is 3. The molecule has 0 aliphatic carbocycles. The van der Waals surface area contributed by atoms with Crippen LogP contribution < -0.4 is 16.4 Å². The van der Waals surface area contributed by atoms with Gasteiger partial charge in [-0.2, -0.15) is 0 Å². The van der Waals surface area contributed by atoms with E-state index in [-0.39, 0.29) is 11.8 Å². The molecule has 0 spiro atoms. The Hall–Kier alpha value is -2.66. The summed E-state index contributed by atoms with van der Waals surface area (Å²) in [7, 11) is 0. The largest absolute Gasteiger partial charge is 0.330 e. The molecule has 0 aromatic heterocycles. The van der Waals surface area contributed by atoms with Gasteiger partial charge < -0.3 is 16.4 Å². The predicted octanol–water partition coefficient (Wildman–Crippen LogP) is 3.23. The lowest BCUT2D eigenvalue weighted by Crippen LogP contribution is -2.15. The molecular weight excluding hydrogens is 302 g/mol. The topological polar surface area (TPSA) is 84.2 Å². The van der Waals surface area contributed by atoms with Crippen LogP contribution in [0.3, 0.4) is 0 Å². The first kappa shape index (κ1) is 17.7. The van der Waals surface area contributed by atoms with Gasteiger partial charge in [0.05, 0.1) is 0 Å². The minimum absolute atomic E-state index is 0.0590. The highest BCUT2D eigenvalue weighted by atomic mass is 16.2. The molecular formula is C19H23N3O2. The number of amides is 2. The van der Waals surface area contributed by atoms with Crippen molar-refractivity contribution in [1.29, 1.82) is 0 Å². The van der Waals surface area contributed by atoms with E-state index in [2.05, 4.69) is 10.6 Å². The van der Waals surface area contributed by atoms with Crippen molar-refractivity contribution in [3.05, 3.63) is 59.2 Å². The highest BCUT2D eigenvalue weighted by molar-refractivity contribution is 6.04. The molecule has 0 radical (unpaired) electrons. The van der Waals surface area contributed by atoms with Crippen molar-refractivity contribution in [3.63, 3.8) is 0 Å². The molecule has 2 amide bonds. The molecule has 0 bridgehead atoms. The lowest BCUT2D eigenvalue weighted by Gasteiger charge is -2.11. The first-order valence-corrected chi connectivity index (χ1v) is 7.98. The Kier molecular flexibility index (Phi) is 6.09. The molecule has 2 aromatic carbocycles. The number of anilines is 2. The minimum atomic E-state index is -0.155. The standard InChI is InChI=1S/C19H23N3O2/c1-13-5-7-15(8-6-13)19(24)22-17-10-9-16(12-14(17)2)21-18(23)4-3-11-20/h5-10,12H,3-4,11,20H2,1-2H3,(H,21,23)(H,22,24). The summed E-state index contributed by atoms with van der Waals surface area (Å²) < 4.78 is 0. The smallest absolute Gasteiger partial charge is 0.255 e. The summed E-state index contributed by atoms with van der Waals surface area (Å²) in [5, 5.41) is 5.72. The van der Waals surface area contributed by atoms with E-state index >= 15 is 0 Å². The third-order valence-corrected chi connectivity index (χ3v) is 3.68. The number of hydrogen-bond donors (Lipinski definition) is 3. The second kappa shape index (κ2) is 8.26. The summed E-state index contributed by atoms with van der Waals surface area (Å²) in [5.74, 6) is -0.214. The lowest BCUT2D eigenvalue weighted by atomic mass is 10.1. The fraction of sp³-hybridized carbons (Fsp3) is 0.263. The van der Waals surface area contributed by atoms with Crippen molar-refractivity contribution in [1.82, 2.24) is 0 Å². The second-order valence-electron chi connectivity index (χ2n) is 5.79. The van der Waals surface area contributed by atoms with E-state index in [0.29, 0.717) is 30.6 Å². The molecule has 0 saturated heterocycles. The van der Waals surface area contributed by atoms with Gasteiger partial charge in [-0.15, -0.1) is 0 Å². The van der Waals surface area contributed by atoms with E-state index in [1.807, 2.05) is 32.0 Å². The zero-order chi connectivity index (χ0) is 17.5. The summed E-state index contributed by atoms with van der Waals surface area (Å²) in [6, 6.07) is 12.8. The highest BCUT2D eigenvalue weighted by Gasteiger charge is 2.09. The molecule has 0 fully saturated rings. The number of nitrogens with two attached hydrogens (primary N) is 1. The number of carbonyl (C=O) groups is 2. The van der Waals surface area contributed by atoms with Crippen LogP contribution in [0.2, 0.25) is 0 Å². The fourth-order valence-electron chi connectivity index (χ4n) is 2.27. The lowest BCUT2D eigenvalue weighted by molar-refractivity contribution is -0.116. The number of rotatable bonds is 6. The normalized spacial score (nSPS) is 10.3. The molecule has 126 valence electrons. The van der Waals surface area contributed by atoms with Crippen molar-refractivity contribution in [2.45, 2.75) is 26.7 Å². The molecule has 5 nitrogen and oxygen atoms in total. The third kappa shape index (κ3) is 4.93. The van der Waals surface area contributed by atoms with Crippen LogP contribution in [0.1, 0.15) is 34.3 Å². The van der Waals surface area contributed by atoms with E-state index < -0.39 is 0 Å². The number of nitrogens with one attached hydrogen (secondary N) is 2. The second-order valence-corrected chi connectivity index (χ2v) is 5.79. The molecule has 24 heavy (non-hydrogen) atoms. The van der Waals surface area contributed by atoms with Gasteiger partial charge in [-0.05, 0) is 62.7 Å². The molecule has 2 rings (SSSR count). The maximum absolute atomic E-state index is 12.3. The van der Waals surface area contributed by atoms with Crippen molar-refractivity contribution in [3.8, 4) is 0 Å². The van der Waals surface area contributed by atoms with Crippen molar-refractivity contribution < 1.29 is 9.59 Å². The van der Waals surface area contributed by atoms with Crippen LogP contribution in [-0.2, 0) is 4.79 Å². The van der Waals surface area contributed by atoms with Crippen LogP contribution in [0.5, 0.6) is 0 Å². The molecule has 0 aliphatic heterocycles. The van der Waals surface area contributed by atoms with Gasteiger partial charge in [0.2, 0.25) is 5.91 Å². The zero-order valence-corrected chi connectivity index (χ0v) is 14.1. The molecule has 0 unspecified atom stereocenters. The van der Waals surface area contributed by atoms with Gasteiger partial charge in [-0.25, -0.2) is 0 Å². The minimum Gasteiger partial charge on any atom is -0.330 e. The average molecular weight is 325 g/mol. The van der Waals surface area contributed by atoms with E-state index in [1.165, 1.54) is 0 Å². The van der Waals surface area contributed by atoms with Crippen molar-refractivity contribution >= 4 is 23.2 Å². The van der Waals surface area contributed by atoms with Gasteiger partial charge in [-0.1, -0.05) is 17.7 Å². The SMILES string of the molecule is Cc1ccc(C(=O)Nc2ccc(NC(=O)CCCN)cc2C)cc1. The first-order valence-electron chi connectivity index (χ1n) is 7.98. The van der Waals surface area contributed by atoms with Gasteiger partial charge in [0, 0.05) is 23.4 Å². The summed E-state index contributed by atoms with van der Waals surface area (Å²) in [6.07, 6.45) is 1.07. The molecule has 0 saturated carbocycles. The van der Waals surface area contributed by atoms with Gasteiger partial charge >= 0.3 is 0 Å². The molecule has 0 atom stereocenters. The molecule has 0 aliphatic rings. The van der Waals surface area contributed by atoms with Crippen LogP contribution in [0.25, 0.3) is 0 Å². The Labute approximate surface area is 142 Å². The van der Waals surface area contributed by atoms with Gasteiger partial charge in [0.25, 0.3) is 5.91 Å². The predicted molar refractivity (Wildman–Crippen MR) is 97.2 cm³/mol. The van der Waals surface area contributed by atoms with Gasteiger partial charge in [0.15, 0.2) is 0 Å². The molecule has 0 heterocycles. The highest BCUT2D eigenvalue weighted by Crippen LogP contribution is 2.21. The van der Waals surface area contributed by atoms with E-state index in [4.69, 9.17) is 5.73 Å². The summed E-state index contributed by atoms with van der Waals surface area (Å²) >= 11 is 0. The Morgan fingerprint density at radius 3 is 2.33 bits per heavy atom.